The van der Waals surface area contributed by atoms with Crippen molar-refractivity contribution in [3.8, 4) is 0 Å². The van der Waals surface area contributed by atoms with Crippen LogP contribution in [0.1, 0.15) is 50.6 Å². The summed E-state index contributed by atoms with van der Waals surface area (Å²) in [5.74, 6) is 0.672. The van der Waals surface area contributed by atoms with Crippen LogP contribution in [-0.2, 0) is 4.79 Å². The van der Waals surface area contributed by atoms with Crippen LogP contribution in [0.15, 0.2) is 29.3 Å². The van der Waals surface area contributed by atoms with Gasteiger partial charge in [-0.3, -0.25) is 9.79 Å². The summed E-state index contributed by atoms with van der Waals surface area (Å²) in [5, 5.41) is 6.93. The lowest BCUT2D eigenvalue weighted by Crippen LogP contribution is -2.43. The second-order valence-electron chi connectivity index (χ2n) is 8.55. The van der Waals surface area contributed by atoms with Crippen LogP contribution in [0.2, 0.25) is 0 Å². The molecule has 2 fully saturated rings. The highest BCUT2D eigenvalue weighted by Crippen LogP contribution is 2.24. The number of hydrogen-bond acceptors (Lipinski definition) is 4. The molecule has 2 saturated heterocycles. The number of likely N-dealkylation sites (tertiary alicyclic amines) is 1. The van der Waals surface area contributed by atoms with Gasteiger partial charge in [-0.15, -0.1) is 24.0 Å². The number of benzene rings is 1. The minimum Gasteiger partial charge on any atom is -0.372 e. The minimum atomic E-state index is -0.162. The van der Waals surface area contributed by atoms with Crippen LogP contribution < -0.4 is 21.3 Å². The summed E-state index contributed by atoms with van der Waals surface area (Å²) in [4.78, 5) is 20.6. The lowest BCUT2D eigenvalue weighted by Gasteiger charge is -2.31. The fourth-order valence-electron chi connectivity index (χ4n) is 4.45. The number of primary amides is 1. The lowest BCUT2D eigenvalue weighted by atomic mass is 9.97. The van der Waals surface area contributed by atoms with Gasteiger partial charge in [0.05, 0.1) is 12.0 Å². The van der Waals surface area contributed by atoms with Crippen molar-refractivity contribution in [1.82, 2.24) is 15.5 Å². The van der Waals surface area contributed by atoms with Crippen LogP contribution in [0.5, 0.6) is 0 Å². The van der Waals surface area contributed by atoms with E-state index in [1.54, 1.807) is 0 Å². The number of carbonyl (C=O) groups is 1. The topological polar surface area (TPSA) is 86.0 Å². The molecule has 7 nitrogen and oxygen atoms in total. The fraction of sp³-hybridized carbons (Fsp3) is 0.652. The SMILES string of the molecule is CN=C(NCCCN1CCCC(C(N)=O)C1)NC(C)c1cccc(N2CCCC2)c1.I. The number of carbonyl (C=O) groups excluding carboxylic acids is 1. The van der Waals surface area contributed by atoms with Crippen LogP contribution >= 0.6 is 24.0 Å². The maximum absolute atomic E-state index is 11.4. The molecule has 0 aromatic heterocycles. The van der Waals surface area contributed by atoms with Crippen molar-refractivity contribution in [2.24, 2.45) is 16.6 Å². The number of nitrogens with one attached hydrogen (secondary N) is 2. The molecule has 2 heterocycles. The number of piperidine rings is 1. The number of nitrogens with two attached hydrogens (primary N) is 1. The Morgan fingerprint density at radius 1 is 1.26 bits per heavy atom. The predicted molar refractivity (Wildman–Crippen MR) is 139 cm³/mol. The molecule has 0 saturated carbocycles. The third-order valence-corrected chi connectivity index (χ3v) is 6.27. The van der Waals surface area contributed by atoms with Crippen molar-refractivity contribution in [1.29, 1.82) is 0 Å². The smallest absolute Gasteiger partial charge is 0.221 e. The maximum atomic E-state index is 11.4. The molecule has 1 aromatic carbocycles. The van der Waals surface area contributed by atoms with Crippen molar-refractivity contribution in [2.75, 3.05) is 51.2 Å². The summed E-state index contributed by atoms with van der Waals surface area (Å²) in [6.45, 7) is 8.16. The molecule has 174 valence electrons. The van der Waals surface area contributed by atoms with Crippen molar-refractivity contribution in [2.45, 2.75) is 45.1 Å². The van der Waals surface area contributed by atoms with Crippen LogP contribution in [0.4, 0.5) is 5.69 Å². The molecule has 3 rings (SSSR count). The van der Waals surface area contributed by atoms with Gasteiger partial charge in [0.15, 0.2) is 5.96 Å². The fourth-order valence-corrected chi connectivity index (χ4v) is 4.45. The zero-order chi connectivity index (χ0) is 21.3. The van der Waals surface area contributed by atoms with E-state index in [2.05, 4.69) is 56.6 Å². The van der Waals surface area contributed by atoms with Gasteiger partial charge >= 0.3 is 0 Å². The van der Waals surface area contributed by atoms with E-state index < -0.39 is 0 Å². The molecule has 4 N–H and O–H groups in total. The van der Waals surface area contributed by atoms with E-state index in [4.69, 9.17) is 5.73 Å². The zero-order valence-corrected chi connectivity index (χ0v) is 21.3. The Balaban J connectivity index is 0.00000341. The number of amides is 1. The molecular formula is C23H39IN6O. The number of guanidine groups is 1. The summed E-state index contributed by atoms with van der Waals surface area (Å²) in [6, 6.07) is 9.00. The highest BCUT2D eigenvalue weighted by atomic mass is 127. The quantitative estimate of drug-likeness (QED) is 0.204. The standard InChI is InChI=1S/C23H38N6O.HI/c1-18(19-8-5-10-21(16-19)29-14-3-4-15-29)27-23(25-2)26-11-7-13-28-12-6-9-20(17-28)22(24)30;/h5,8,10,16,18,20H,3-4,6-7,9,11-15,17H2,1-2H3,(H2,24,30)(H2,25,26,27);1H. The average molecular weight is 543 g/mol. The summed E-state index contributed by atoms with van der Waals surface area (Å²) in [7, 11) is 1.81. The van der Waals surface area contributed by atoms with Crippen molar-refractivity contribution < 1.29 is 4.79 Å². The molecule has 0 bridgehead atoms. The van der Waals surface area contributed by atoms with Crippen LogP contribution in [0.3, 0.4) is 0 Å². The summed E-state index contributed by atoms with van der Waals surface area (Å²) >= 11 is 0. The van der Waals surface area contributed by atoms with Gasteiger partial charge in [0.25, 0.3) is 0 Å². The third-order valence-electron chi connectivity index (χ3n) is 6.27. The summed E-state index contributed by atoms with van der Waals surface area (Å²) < 4.78 is 0. The Morgan fingerprint density at radius 3 is 2.74 bits per heavy atom. The molecule has 2 unspecified atom stereocenters. The van der Waals surface area contributed by atoms with E-state index in [9.17, 15) is 4.79 Å². The Labute approximate surface area is 204 Å². The van der Waals surface area contributed by atoms with E-state index in [1.165, 1.54) is 24.1 Å². The Bertz CT molecular complexity index is 722. The highest BCUT2D eigenvalue weighted by Gasteiger charge is 2.23. The molecule has 2 atom stereocenters. The molecule has 2 aliphatic heterocycles. The number of halogens is 1. The first kappa shape index (κ1) is 25.7. The maximum Gasteiger partial charge on any atom is 0.221 e. The van der Waals surface area contributed by atoms with Crippen LogP contribution in [0.25, 0.3) is 0 Å². The second kappa shape index (κ2) is 13.1. The van der Waals surface area contributed by atoms with Crippen molar-refractivity contribution in [3.05, 3.63) is 29.8 Å². The summed E-state index contributed by atoms with van der Waals surface area (Å²) in [6.07, 6.45) is 5.56. The largest absolute Gasteiger partial charge is 0.372 e. The first-order chi connectivity index (χ1) is 14.6. The van der Waals surface area contributed by atoms with Crippen molar-refractivity contribution >= 4 is 41.5 Å². The first-order valence-electron chi connectivity index (χ1n) is 11.4. The molecule has 0 aliphatic carbocycles. The summed E-state index contributed by atoms with van der Waals surface area (Å²) in [5.41, 5.74) is 8.06. The van der Waals surface area contributed by atoms with Gasteiger partial charge < -0.3 is 26.2 Å². The lowest BCUT2D eigenvalue weighted by molar-refractivity contribution is -0.123. The number of nitrogens with zero attached hydrogens (tertiary/aromatic N) is 3. The monoisotopic (exact) mass is 542 g/mol. The van der Waals surface area contributed by atoms with Crippen LogP contribution in [-0.4, -0.2) is 63.1 Å². The van der Waals surface area contributed by atoms with Crippen LogP contribution in [0, 0.1) is 5.92 Å². The third kappa shape index (κ3) is 7.82. The molecule has 0 radical (unpaired) electrons. The number of hydrogen-bond donors (Lipinski definition) is 3. The molecule has 1 aromatic rings. The van der Waals surface area contributed by atoms with E-state index in [-0.39, 0.29) is 41.8 Å². The van der Waals surface area contributed by atoms with Gasteiger partial charge in [0.1, 0.15) is 0 Å². The second-order valence-corrected chi connectivity index (χ2v) is 8.55. The van der Waals surface area contributed by atoms with Gasteiger partial charge in [-0.25, -0.2) is 0 Å². The Morgan fingerprint density at radius 2 is 2.03 bits per heavy atom. The van der Waals surface area contributed by atoms with Crippen molar-refractivity contribution in [3.63, 3.8) is 0 Å². The average Bonchev–Trinajstić information content (AvgIpc) is 3.31. The van der Waals surface area contributed by atoms with E-state index >= 15 is 0 Å². The van der Waals surface area contributed by atoms with Gasteiger partial charge in [0.2, 0.25) is 5.91 Å². The van der Waals surface area contributed by atoms with Gasteiger partial charge in [-0.2, -0.15) is 0 Å². The van der Waals surface area contributed by atoms with Gasteiger partial charge in [-0.1, -0.05) is 12.1 Å². The Kier molecular flexibility index (Phi) is 10.9. The molecular weight excluding hydrogens is 503 g/mol. The molecule has 2 aliphatic rings. The molecule has 1 amide bonds. The molecule has 0 spiro atoms. The molecule has 31 heavy (non-hydrogen) atoms. The normalized spacial score (nSPS) is 20.8. The van der Waals surface area contributed by atoms with Gasteiger partial charge in [-0.05, 0) is 69.8 Å². The van der Waals surface area contributed by atoms with Gasteiger partial charge in [0, 0.05) is 38.9 Å². The van der Waals surface area contributed by atoms with E-state index in [0.717, 1.165) is 64.5 Å². The number of rotatable bonds is 8. The van der Waals surface area contributed by atoms with E-state index in [0.29, 0.717) is 0 Å². The predicted octanol–water partition coefficient (Wildman–Crippen LogP) is 2.72. The minimum absolute atomic E-state index is 0. The zero-order valence-electron chi connectivity index (χ0n) is 19.0. The Hall–Kier alpha value is -1.55. The number of anilines is 1. The molecule has 8 heteroatoms. The number of aliphatic imine (C=N–C) groups is 1. The highest BCUT2D eigenvalue weighted by molar-refractivity contribution is 14.0. The first-order valence-corrected chi connectivity index (χ1v) is 11.4. The van der Waals surface area contributed by atoms with E-state index in [1.807, 2.05) is 7.05 Å².